The first-order valence-electron chi connectivity index (χ1n) is 11.5. The second kappa shape index (κ2) is 10.8. The normalized spacial score (nSPS) is 14.7. The molecule has 2 aromatic carbocycles. The number of pyridine rings is 1. The number of fused-ring (bicyclic) bond motifs is 1. The number of anilines is 4. The van der Waals surface area contributed by atoms with Gasteiger partial charge in [-0.1, -0.05) is 42.1 Å². The van der Waals surface area contributed by atoms with E-state index in [0.717, 1.165) is 27.7 Å². The van der Waals surface area contributed by atoms with Crippen molar-refractivity contribution in [1.29, 1.82) is 0 Å². The predicted octanol–water partition coefficient (Wildman–Crippen LogP) is 5.03. The number of para-hydroxylation sites is 2. The number of nitrogens with one attached hydrogen (secondary N) is 2. The van der Waals surface area contributed by atoms with E-state index in [1.807, 2.05) is 60.0 Å². The zero-order valence-corrected chi connectivity index (χ0v) is 21.0. The highest BCUT2D eigenvalue weighted by molar-refractivity contribution is 7.99. The first-order valence-corrected chi connectivity index (χ1v) is 13.3. The van der Waals surface area contributed by atoms with Crippen LogP contribution in [0.4, 0.5) is 22.7 Å². The van der Waals surface area contributed by atoms with Crippen LogP contribution < -0.4 is 21.3 Å². The molecule has 2 amide bonds. The smallest absolute Gasteiger partial charge is 0.247 e. The molecule has 3 heterocycles. The van der Waals surface area contributed by atoms with Gasteiger partial charge in [0.25, 0.3) is 0 Å². The van der Waals surface area contributed by atoms with Gasteiger partial charge in [0.1, 0.15) is 6.04 Å². The van der Waals surface area contributed by atoms with Crippen LogP contribution in [0.5, 0.6) is 0 Å². The summed E-state index contributed by atoms with van der Waals surface area (Å²) in [6, 6.07) is 23.0. The van der Waals surface area contributed by atoms with Gasteiger partial charge in [-0.2, -0.15) is 0 Å². The summed E-state index contributed by atoms with van der Waals surface area (Å²) < 4.78 is 0. The highest BCUT2D eigenvalue weighted by Gasteiger charge is 2.33. The average molecular weight is 516 g/mol. The molecule has 0 unspecified atom stereocenters. The Labute approximate surface area is 217 Å². The molecule has 36 heavy (non-hydrogen) atoms. The molecule has 1 atom stereocenters. The van der Waals surface area contributed by atoms with Crippen molar-refractivity contribution in [1.82, 2.24) is 4.98 Å². The number of nitrogens with zero attached hydrogens (tertiary/aromatic N) is 2. The zero-order valence-electron chi connectivity index (χ0n) is 19.4. The third kappa shape index (κ3) is 5.69. The molecule has 5 rings (SSSR count). The van der Waals surface area contributed by atoms with Crippen LogP contribution in [0, 0.1) is 0 Å². The number of nitrogen functional groups attached to an aromatic ring is 1. The van der Waals surface area contributed by atoms with E-state index in [9.17, 15) is 9.59 Å². The number of hydrogen-bond donors (Lipinski definition) is 3. The van der Waals surface area contributed by atoms with Gasteiger partial charge < -0.3 is 21.3 Å². The van der Waals surface area contributed by atoms with Crippen LogP contribution in [-0.2, 0) is 22.6 Å². The van der Waals surface area contributed by atoms with Crippen LogP contribution in [-0.4, -0.2) is 28.6 Å². The summed E-state index contributed by atoms with van der Waals surface area (Å²) in [5.74, 6) is 0.144. The molecule has 2 aromatic heterocycles. The second-order valence-electron chi connectivity index (χ2n) is 8.40. The number of carbonyl (C=O) groups excluding carboxylic acids is 2. The molecule has 0 saturated carbocycles. The minimum absolute atomic E-state index is 0.000856. The molecule has 1 aliphatic rings. The quantitative estimate of drug-likeness (QED) is 0.285. The second-order valence-corrected chi connectivity index (χ2v) is 10.4. The number of aromatic nitrogens is 1. The van der Waals surface area contributed by atoms with E-state index in [-0.39, 0.29) is 23.6 Å². The number of rotatable bonds is 8. The van der Waals surface area contributed by atoms with Gasteiger partial charge in [-0.15, -0.1) is 11.3 Å². The number of nitrogens with two attached hydrogens (primary N) is 1. The minimum atomic E-state index is -0.308. The molecule has 0 saturated heterocycles. The molecule has 7 nitrogen and oxygen atoms in total. The van der Waals surface area contributed by atoms with E-state index in [4.69, 9.17) is 5.73 Å². The van der Waals surface area contributed by atoms with E-state index < -0.39 is 0 Å². The number of carbonyl (C=O) groups is 2. The van der Waals surface area contributed by atoms with Crippen LogP contribution in [0.15, 0.2) is 89.4 Å². The van der Waals surface area contributed by atoms with Gasteiger partial charge in [0.2, 0.25) is 11.8 Å². The summed E-state index contributed by atoms with van der Waals surface area (Å²) in [6.45, 7) is 0.577. The van der Waals surface area contributed by atoms with Crippen LogP contribution in [0.25, 0.3) is 0 Å². The summed E-state index contributed by atoms with van der Waals surface area (Å²) in [5.41, 5.74) is 9.84. The summed E-state index contributed by atoms with van der Waals surface area (Å²) in [6.07, 6.45) is 2.22. The Morgan fingerprint density at radius 2 is 1.92 bits per heavy atom. The standard InChI is InChI=1S/C27H25N5O2S2/c28-19-9-12-26(29-15-19)36-17-25(33)30-20-10-7-18(8-11-20)16-32-23-6-2-1-5-22(23)31-27(34)24(32)14-21-4-3-13-35-21/h1-13,15,24H,14,16-17,28H2,(H,30,33)(H,31,34)/t24-/m1/s1. The summed E-state index contributed by atoms with van der Waals surface area (Å²) in [7, 11) is 0. The highest BCUT2D eigenvalue weighted by atomic mass is 32.2. The van der Waals surface area contributed by atoms with Crippen molar-refractivity contribution in [2.45, 2.75) is 24.0 Å². The predicted molar refractivity (Wildman–Crippen MR) is 148 cm³/mol. The first kappa shape index (κ1) is 23.9. The third-order valence-electron chi connectivity index (χ3n) is 5.83. The Balaban J connectivity index is 1.26. The lowest BCUT2D eigenvalue weighted by Crippen LogP contribution is -2.48. The fourth-order valence-electron chi connectivity index (χ4n) is 4.08. The zero-order chi connectivity index (χ0) is 24.9. The van der Waals surface area contributed by atoms with Crippen molar-refractivity contribution < 1.29 is 9.59 Å². The monoisotopic (exact) mass is 515 g/mol. The highest BCUT2D eigenvalue weighted by Crippen LogP contribution is 2.34. The summed E-state index contributed by atoms with van der Waals surface area (Å²) in [5, 5.41) is 8.77. The van der Waals surface area contributed by atoms with Gasteiger partial charge in [0.05, 0.1) is 34.0 Å². The Morgan fingerprint density at radius 1 is 1.08 bits per heavy atom. The fourth-order valence-corrected chi connectivity index (χ4v) is 5.46. The van der Waals surface area contributed by atoms with E-state index in [0.29, 0.717) is 18.7 Å². The van der Waals surface area contributed by atoms with Crippen molar-refractivity contribution in [3.05, 3.63) is 94.8 Å². The molecule has 182 valence electrons. The maximum atomic E-state index is 13.0. The number of thiophene rings is 1. The van der Waals surface area contributed by atoms with Crippen molar-refractivity contribution in [3.8, 4) is 0 Å². The van der Waals surface area contributed by atoms with Crippen LogP contribution in [0.3, 0.4) is 0 Å². The maximum Gasteiger partial charge on any atom is 0.247 e. The lowest BCUT2D eigenvalue weighted by Gasteiger charge is -2.38. The first-order chi connectivity index (χ1) is 17.5. The van der Waals surface area contributed by atoms with Crippen LogP contribution in [0.2, 0.25) is 0 Å². The number of thioether (sulfide) groups is 1. The summed E-state index contributed by atoms with van der Waals surface area (Å²) in [4.78, 5) is 33.0. The molecule has 0 fully saturated rings. The molecule has 0 bridgehead atoms. The molecule has 4 N–H and O–H groups in total. The van der Waals surface area contributed by atoms with Crippen molar-refractivity contribution >= 4 is 57.7 Å². The SMILES string of the molecule is Nc1ccc(SCC(=O)Nc2ccc(CN3c4ccccc4NC(=O)[C@H]3Cc3cccs3)cc2)nc1. The van der Waals surface area contributed by atoms with Gasteiger partial charge >= 0.3 is 0 Å². The van der Waals surface area contributed by atoms with Crippen molar-refractivity contribution in [2.75, 3.05) is 27.0 Å². The molecule has 0 aliphatic carbocycles. The Kier molecular flexibility index (Phi) is 7.20. The van der Waals surface area contributed by atoms with E-state index >= 15 is 0 Å². The van der Waals surface area contributed by atoms with E-state index in [1.165, 1.54) is 16.6 Å². The van der Waals surface area contributed by atoms with E-state index in [2.05, 4.69) is 26.6 Å². The molecule has 1 aliphatic heterocycles. The molecule has 0 spiro atoms. The van der Waals surface area contributed by atoms with Gasteiger partial charge in [0.15, 0.2) is 0 Å². The van der Waals surface area contributed by atoms with Gasteiger partial charge in [0, 0.05) is 23.5 Å². The van der Waals surface area contributed by atoms with Crippen LogP contribution in [0.1, 0.15) is 10.4 Å². The molecular weight excluding hydrogens is 490 g/mol. The number of amides is 2. The average Bonchev–Trinajstić information content (AvgIpc) is 3.40. The van der Waals surface area contributed by atoms with Crippen LogP contribution >= 0.6 is 23.1 Å². The maximum absolute atomic E-state index is 13.0. The lowest BCUT2D eigenvalue weighted by atomic mass is 10.0. The lowest BCUT2D eigenvalue weighted by molar-refractivity contribution is -0.117. The number of benzene rings is 2. The van der Waals surface area contributed by atoms with Crippen molar-refractivity contribution in [3.63, 3.8) is 0 Å². The van der Waals surface area contributed by atoms with Gasteiger partial charge in [-0.25, -0.2) is 4.98 Å². The fraction of sp³-hybridized carbons (Fsp3) is 0.148. The topological polar surface area (TPSA) is 100 Å². The molecule has 4 aromatic rings. The Hall–Kier alpha value is -3.82. The minimum Gasteiger partial charge on any atom is -0.397 e. The number of hydrogen-bond acceptors (Lipinski definition) is 7. The Bertz CT molecular complexity index is 1340. The molecular formula is C27H25N5O2S2. The van der Waals surface area contributed by atoms with Gasteiger partial charge in [-0.05, 0) is 53.4 Å². The molecule has 0 radical (unpaired) electrons. The Morgan fingerprint density at radius 3 is 2.67 bits per heavy atom. The summed E-state index contributed by atoms with van der Waals surface area (Å²) >= 11 is 3.02. The third-order valence-corrected chi connectivity index (χ3v) is 7.67. The van der Waals surface area contributed by atoms with Crippen molar-refractivity contribution in [2.24, 2.45) is 0 Å². The molecule has 9 heteroatoms. The van der Waals surface area contributed by atoms with E-state index in [1.54, 1.807) is 29.7 Å². The largest absolute Gasteiger partial charge is 0.397 e. The van der Waals surface area contributed by atoms with Gasteiger partial charge in [-0.3, -0.25) is 9.59 Å².